The largest absolute Gasteiger partial charge is 0.493 e. The van der Waals surface area contributed by atoms with Crippen LogP contribution in [0.25, 0.3) is 0 Å². The lowest BCUT2D eigenvalue weighted by molar-refractivity contribution is 0.354. The van der Waals surface area contributed by atoms with Gasteiger partial charge >= 0.3 is 0 Å². The van der Waals surface area contributed by atoms with Gasteiger partial charge in [0.05, 0.1) is 20.3 Å². The van der Waals surface area contributed by atoms with E-state index in [1.165, 1.54) is 0 Å². The summed E-state index contributed by atoms with van der Waals surface area (Å²) in [5.41, 5.74) is 0.822. The van der Waals surface area contributed by atoms with Gasteiger partial charge in [0, 0.05) is 10.0 Å². The average Bonchev–Trinajstić information content (AvgIpc) is 2.32. The van der Waals surface area contributed by atoms with Gasteiger partial charge in [-0.2, -0.15) is 5.26 Å². The molecule has 0 saturated heterocycles. The van der Waals surface area contributed by atoms with E-state index in [2.05, 4.69) is 27.3 Å². The van der Waals surface area contributed by atoms with Gasteiger partial charge in [0.15, 0.2) is 11.5 Å². The SMILES string of the molecule is CNC(C#N)c1cc(OC)c(OC)cc1Br. The molecule has 0 saturated carbocycles. The van der Waals surface area contributed by atoms with Gasteiger partial charge in [0.1, 0.15) is 6.04 Å². The molecular formula is C11H13BrN2O2. The van der Waals surface area contributed by atoms with Crippen LogP contribution in [0.1, 0.15) is 11.6 Å². The summed E-state index contributed by atoms with van der Waals surface area (Å²) < 4.78 is 11.2. The Bertz CT molecular complexity index is 415. The summed E-state index contributed by atoms with van der Waals surface area (Å²) in [6.45, 7) is 0. The van der Waals surface area contributed by atoms with Crippen LogP contribution in [0, 0.1) is 11.3 Å². The van der Waals surface area contributed by atoms with Crippen molar-refractivity contribution in [3.8, 4) is 17.6 Å². The van der Waals surface area contributed by atoms with E-state index in [1.807, 2.05) is 0 Å². The highest BCUT2D eigenvalue weighted by atomic mass is 79.9. The van der Waals surface area contributed by atoms with Crippen molar-refractivity contribution in [3.63, 3.8) is 0 Å². The van der Waals surface area contributed by atoms with E-state index in [1.54, 1.807) is 33.4 Å². The van der Waals surface area contributed by atoms with Crippen molar-refractivity contribution < 1.29 is 9.47 Å². The van der Waals surface area contributed by atoms with Gasteiger partial charge in [-0.3, -0.25) is 0 Å². The fourth-order valence-electron chi connectivity index (χ4n) is 1.38. The third-order valence-electron chi connectivity index (χ3n) is 2.23. The Balaban J connectivity index is 3.26. The second-order valence-electron chi connectivity index (χ2n) is 3.08. The summed E-state index contributed by atoms with van der Waals surface area (Å²) in [5, 5.41) is 11.9. The number of nitriles is 1. The number of hydrogen-bond donors (Lipinski definition) is 1. The molecule has 0 fully saturated rings. The van der Waals surface area contributed by atoms with Gasteiger partial charge in [-0.15, -0.1) is 0 Å². The Kier molecular flexibility index (Phi) is 4.59. The average molecular weight is 285 g/mol. The maximum Gasteiger partial charge on any atom is 0.161 e. The number of ether oxygens (including phenoxy) is 2. The van der Waals surface area contributed by atoms with E-state index >= 15 is 0 Å². The zero-order valence-electron chi connectivity index (χ0n) is 9.37. The molecule has 0 aromatic heterocycles. The lowest BCUT2D eigenvalue weighted by Gasteiger charge is -2.14. The number of nitrogens with one attached hydrogen (secondary N) is 1. The molecule has 0 bridgehead atoms. The summed E-state index contributed by atoms with van der Waals surface area (Å²) in [4.78, 5) is 0. The van der Waals surface area contributed by atoms with Crippen molar-refractivity contribution in [3.05, 3.63) is 22.2 Å². The Hall–Kier alpha value is -1.25. The standard InChI is InChI=1S/C11H13BrN2O2/c1-14-9(6-13)7-4-10(15-2)11(16-3)5-8(7)12/h4-5,9,14H,1-3H3. The van der Waals surface area contributed by atoms with Gasteiger partial charge in [-0.25, -0.2) is 0 Å². The first-order valence-electron chi connectivity index (χ1n) is 4.66. The van der Waals surface area contributed by atoms with Crippen LogP contribution in [0.5, 0.6) is 11.5 Å². The van der Waals surface area contributed by atoms with Gasteiger partial charge < -0.3 is 14.8 Å². The van der Waals surface area contributed by atoms with Crippen molar-refractivity contribution in [2.24, 2.45) is 0 Å². The van der Waals surface area contributed by atoms with E-state index in [0.717, 1.165) is 10.0 Å². The predicted molar refractivity (Wildman–Crippen MR) is 64.7 cm³/mol. The first-order valence-corrected chi connectivity index (χ1v) is 5.45. The molecule has 0 radical (unpaired) electrons. The molecular weight excluding hydrogens is 272 g/mol. The monoisotopic (exact) mass is 284 g/mol. The third-order valence-corrected chi connectivity index (χ3v) is 2.92. The van der Waals surface area contributed by atoms with Crippen LogP contribution in [0.15, 0.2) is 16.6 Å². The molecule has 86 valence electrons. The minimum Gasteiger partial charge on any atom is -0.493 e. The Morgan fingerprint density at radius 2 is 1.88 bits per heavy atom. The Labute approximate surface area is 103 Å². The van der Waals surface area contributed by atoms with Crippen LogP contribution >= 0.6 is 15.9 Å². The number of methoxy groups -OCH3 is 2. The molecule has 5 heteroatoms. The first-order chi connectivity index (χ1) is 7.67. The molecule has 16 heavy (non-hydrogen) atoms. The molecule has 0 aliphatic rings. The van der Waals surface area contributed by atoms with Crippen LogP contribution in [0.2, 0.25) is 0 Å². The zero-order valence-corrected chi connectivity index (χ0v) is 11.0. The molecule has 0 amide bonds. The van der Waals surface area contributed by atoms with Crippen LogP contribution in [0.3, 0.4) is 0 Å². The van der Waals surface area contributed by atoms with Crippen LogP contribution < -0.4 is 14.8 Å². The fourth-order valence-corrected chi connectivity index (χ4v) is 1.93. The molecule has 1 atom stereocenters. The van der Waals surface area contributed by atoms with Gasteiger partial charge in [0.25, 0.3) is 0 Å². The van der Waals surface area contributed by atoms with E-state index < -0.39 is 0 Å². The molecule has 0 aliphatic carbocycles. The summed E-state index contributed by atoms with van der Waals surface area (Å²) in [7, 11) is 4.87. The lowest BCUT2D eigenvalue weighted by atomic mass is 10.1. The third kappa shape index (κ3) is 2.46. The second kappa shape index (κ2) is 5.73. The smallest absolute Gasteiger partial charge is 0.161 e. The molecule has 0 aliphatic heterocycles. The Morgan fingerprint density at radius 3 is 2.31 bits per heavy atom. The van der Waals surface area contributed by atoms with Crippen molar-refractivity contribution >= 4 is 15.9 Å². The highest BCUT2D eigenvalue weighted by molar-refractivity contribution is 9.10. The number of nitrogens with zero attached hydrogens (tertiary/aromatic N) is 1. The predicted octanol–water partition coefficient (Wildman–Crippen LogP) is 2.25. The number of benzene rings is 1. The molecule has 1 aromatic carbocycles. The molecule has 1 rings (SSSR count). The van der Waals surface area contributed by atoms with E-state index in [0.29, 0.717) is 11.5 Å². The van der Waals surface area contributed by atoms with Gasteiger partial charge in [0.2, 0.25) is 0 Å². The highest BCUT2D eigenvalue weighted by Gasteiger charge is 2.16. The number of halogens is 1. The molecule has 0 spiro atoms. The molecule has 1 unspecified atom stereocenters. The number of hydrogen-bond acceptors (Lipinski definition) is 4. The lowest BCUT2D eigenvalue weighted by Crippen LogP contribution is -2.14. The summed E-state index contributed by atoms with van der Waals surface area (Å²) in [6, 6.07) is 5.35. The zero-order chi connectivity index (χ0) is 12.1. The highest BCUT2D eigenvalue weighted by Crippen LogP contribution is 2.35. The Morgan fingerprint density at radius 1 is 1.31 bits per heavy atom. The second-order valence-corrected chi connectivity index (χ2v) is 3.93. The quantitative estimate of drug-likeness (QED) is 0.922. The maximum absolute atomic E-state index is 8.99. The minimum atomic E-state index is -0.380. The normalized spacial score (nSPS) is 11.7. The summed E-state index contributed by atoms with van der Waals surface area (Å²) in [5.74, 6) is 1.24. The molecule has 1 aromatic rings. The number of rotatable bonds is 4. The van der Waals surface area contributed by atoms with E-state index in [9.17, 15) is 0 Å². The van der Waals surface area contributed by atoms with Crippen molar-refractivity contribution in [1.82, 2.24) is 5.32 Å². The minimum absolute atomic E-state index is 0.380. The summed E-state index contributed by atoms with van der Waals surface area (Å²) in [6.07, 6.45) is 0. The van der Waals surface area contributed by atoms with E-state index in [-0.39, 0.29) is 6.04 Å². The van der Waals surface area contributed by atoms with Crippen LogP contribution in [-0.2, 0) is 0 Å². The molecule has 1 N–H and O–H groups in total. The van der Waals surface area contributed by atoms with E-state index in [4.69, 9.17) is 14.7 Å². The van der Waals surface area contributed by atoms with Gasteiger partial charge in [-0.05, 0) is 19.2 Å². The van der Waals surface area contributed by atoms with Crippen molar-refractivity contribution in [1.29, 1.82) is 5.26 Å². The van der Waals surface area contributed by atoms with Crippen LogP contribution in [0.4, 0.5) is 0 Å². The fraction of sp³-hybridized carbons (Fsp3) is 0.364. The first kappa shape index (κ1) is 12.8. The molecule has 4 nitrogen and oxygen atoms in total. The topological polar surface area (TPSA) is 54.3 Å². The molecule has 0 heterocycles. The van der Waals surface area contributed by atoms with Crippen LogP contribution in [-0.4, -0.2) is 21.3 Å². The maximum atomic E-state index is 8.99. The van der Waals surface area contributed by atoms with Crippen molar-refractivity contribution in [2.45, 2.75) is 6.04 Å². The summed E-state index contributed by atoms with van der Waals surface area (Å²) >= 11 is 3.41. The van der Waals surface area contributed by atoms with Crippen molar-refractivity contribution in [2.75, 3.05) is 21.3 Å². The van der Waals surface area contributed by atoms with Gasteiger partial charge in [-0.1, -0.05) is 15.9 Å².